The molecule has 2 aromatic carbocycles. The minimum atomic E-state index is -4.33. The van der Waals surface area contributed by atoms with Crippen LogP contribution in [0.25, 0.3) is 0 Å². The summed E-state index contributed by atoms with van der Waals surface area (Å²) >= 11 is 1.73. The molecule has 5 rings (SSSR count). The largest absolute Gasteiger partial charge is 0.416 e. The molecule has 1 aliphatic carbocycles. The first-order chi connectivity index (χ1) is 17.3. The molecule has 4 nitrogen and oxygen atoms in total. The number of anilines is 1. The summed E-state index contributed by atoms with van der Waals surface area (Å²) in [6, 6.07) is 15.9. The second kappa shape index (κ2) is 10.2. The number of fused-ring (bicyclic) bond motifs is 1. The molecule has 2 aliphatic rings. The van der Waals surface area contributed by atoms with Crippen LogP contribution >= 0.6 is 11.8 Å². The van der Waals surface area contributed by atoms with Crippen molar-refractivity contribution in [1.82, 2.24) is 10.3 Å². The molecule has 0 spiro atoms. The van der Waals surface area contributed by atoms with Crippen molar-refractivity contribution in [2.75, 3.05) is 10.7 Å². The Hall–Kier alpha value is -3.00. The number of amides is 1. The number of pyridine rings is 1. The van der Waals surface area contributed by atoms with Gasteiger partial charge in [0.1, 0.15) is 0 Å². The van der Waals surface area contributed by atoms with E-state index < -0.39 is 11.7 Å². The molecule has 0 bridgehead atoms. The van der Waals surface area contributed by atoms with Gasteiger partial charge >= 0.3 is 6.18 Å². The van der Waals surface area contributed by atoms with Gasteiger partial charge in [-0.2, -0.15) is 13.2 Å². The Morgan fingerprint density at radius 2 is 1.89 bits per heavy atom. The zero-order valence-electron chi connectivity index (χ0n) is 20.0. The standard InChI is InChI=1S/C28H28F3N3OS/c1-2-36-25-11-8-22(32-17-25)16-33-27(35)19-5-12-26-20(14-19)15-24(34(26)23-9-10-23)13-18-3-6-21(7-4-18)28(29,30)31/h3-8,11-12,14,17,23-24H,2,9-10,13,15-16H2,1H3,(H,33,35). The molecule has 1 atom stereocenters. The van der Waals surface area contributed by atoms with Crippen LogP contribution in [-0.2, 0) is 25.6 Å². The van der Waals surface area contributed by atoms with E-state index in [9.17, 15) is 18.0 Å². The van der Waals surface area contributed by atoms with E-state index in [1.165, 1.54) is 0 Å². The van der Waals surface area contributed by atoms with Crippen LogP contribution in [0, 0.1) is 0 Å². The zero-order valence-corrected chi connectivity index (χ0v) is 20.8. The van der Waals surface area contributed by atoms with Gasteiger partial charge in [0.05, 0.1) is 17.8 Å². The third-order valence-corrected chi connectivity index (χ3v) is 7.56. The van der Waals surface area contributed by atoms with Crippen molar-refractivity contribution >= 4 is 23.4 Å². The fourth-order valence-corrected chi connectivity index (χ4v) is 5.48. The van der Waals surface area contributed by atoms with Crippen LogP contribution in [0.5, 0.6) is 0 Å². The Kier molecular flexibility index (Phi) is 6.97. The van der Waals surface area contributed by atoms with Crippen LogP contribution in [0.1, 0.15) is 52.5 Å². The van der Waals surface area contributed by atoms with Crippen LogP contribution in [0.2, 0.25) is 0 Å². The molecule has 1 unspecified atom stereocenters. The maximum atomic E-state index is 12.9. The summed E-state index contributed by atoms with van der Waals surface area (Å²) in [7, 11) is 0. The summed E-state index contributed by atoms with van der Waals surface area (Å²) in [5.74, 6) is 0.843. The number of thioether (sulfide) groups is 1. The van der Waals surface area contributed by atoms with E-state index >= 15 is 0 Å². The molecule has 2 heterocycles. The number of nitrogens with one attached hydrogen (secondary N) is 1. The number of benzene rings is 2. The predicted molar refractivity (Wildman–Crippen MR) is 136 cm³/mol. The molecule has 0 saturated heterocycles. The van der Waals surface area contributed by atoms with Crippen molar-refractivity contribution in [1.29, 1.82) is 0 Å². The van der Waals surface area contributed by atoms with Crippen molar-refractivity contribution in [2.24, 2.45) is 0 Å². The van der Waals surface area contributed by atoms with Crippen LogP contribution in [-0.4, -0.2) is 28.7 Å². The summed E-state index contributed by atoms with van der Waals surface area (Å²) in [4.78, 5) is 20.8. The molecule has 1 N–H and O–H groups in total. The van der Waals surface area contributed by atoms with Crippen molar-refractivity contribution < 1.29 is 18.0 Å². The van der Waals surface area contributed by atoms with E-state index in [1.807, 2.05) is 36.5 Å². The summed E-state index contributed by atoms with van der Waals surface area (Å²) in [6.45, 7) is 2.45. The summed E-state index contributed by atoms with van der Waals surface area (Å²) in [5, 5.41) is 2.96. The maximum Gasteiger partial charge on any atom is 0.416 e. The maximum absolute atomic E-state index is 12.9. The quantitative estimate of drug-likeness (QED) is 0.362. The lowest BCUT2D eigenvalue weighted by molar-refractivity contribution is -0.137. The molecule has 8 heteroatoms. The number of carbonyl (C=O) groups is 1. The highest BCUT2D eigenvalue weighted by Gasteiger charge is 2.39. The molecular weight excluding hydrogens is 483 g/mol. The van der Waals surface area contributed by atoms with Crippen molar-refractivity contribution in [3.05, 3.63) is 88.7 Å². The van der Waals surface area contributed by atoms with Crippen LogP contribution in [0.15, 0.2) is 65.7 Å². The van der Waals surface area contributed by atoms with Gasteiger partial charge in [-0.25, -0.2) is 0 Å². The van der Waals surface area contributed by atoms with Crippen molar-refractivity contribution in [3.8, 4) is 0 Å². The number of alkyl halides is 3. The number of rotatable bonds is 8. The van der Waals surface area contributed by atoms with Crippen molar-refractivity contribution in [3.63, 3.8) is 0 Å². The van der Waals surface area contributed by atoms with Gasteiger partial charge < -0.3 is 10.2 Å². The fraction of sp³-hybridized carbons (Fsp3) is 0.357. The lowest BCUT2D eigenvalue weighted by Gasteiger charge is -2.28. The average molecular weight is 512 g/mol. The number of nitrogens with zero attached hydrogens (tertiary/aromatic N) is 2. The van der Waals surface area contributed by atoms with E-state index in [1.54, 1.807) is 23.9 Å². The summed E-state index contributed by atoms with van der Waals surface area (Å²) < 4.78 is 38.8. The third kappa shape index (κ3) is 5.53. The molecule has 1 fully saturated rings. The Labute approximate surface area is 213 Å². The zero-order chi connectivity index (χ0) is 25.3. The molecule has 1 aliphatic heterocycles. The first-order valence-corrected chi connectivity index (χ1v) is 13.2. The molecule has 188 valence electrons. The van der Waals surface area contributed by atoms with Gasteiger partial charge in [-0.1, -0.05) is 19.1 Å². The SMILES string of the molecule is CCSc1ccc(CNC(=O)c2ccc3c(c2)CC(Cc2ccc(C(F)(F)F)cc2)N3C2CC2)nc1. The third-order valence-electron chi connectivity index (χ3n) is 6.70. The van der Waals surface area contributed by atoms with Gasteiger partial charge in [0.2, 0.25) is 0 Å². The average Bonchev–Trinajstić information content (AvgIpc) is 3.63. The number of aromatic nitrogens is 1. The first-order valence-electron chi connectivity index (χ1n) is 12.2. The second-order valence-electron chi connectivity index (χ2n) is 9.34. The number of hydrogen-bond donors (Lipinski definition) is 1. The van der Waals surface area contributed by atoms with Crippen LogP contribution in [0.3, 0.4) is 0 Å². The van der Waals surface area contributed by atoms with Gasteiger partial charge in [-0.05, 0) is 85.0 Å². The minimum Gasteiger partial charge on any atom is -0.365 e. The number of halogens is 3. The number of carbonyl (C=O) groups excluding carboxylic acids is 1. The summed E-state index contributed by atoms with van der Waals surface area (Å²) in [6.07, 6.45) is 1.18. The molecule has 3 aromatic rings. The molecule has 36 heavy (non-hydrogen) atoms. The second-order valence-corrected chi connectivity index (χ2v) is 10.7. The van der Waals surface area contributed by atoms with Crippen LogP contribution < -0.4 is 10.2 Å². The fourth-order valence-electron chi connectivity index (χ4n) is 4.85. The Morgan fingerprint density at radius 1 is 1.11 bits per heavy atom. The Morgan fingerprint density at radius 3 is 2.53 bits per heavy atom. The molecule has 1 saturated carbocycles. The monoisotopic (exact) mass is 511 g/mol. The molecular formula is C28H28F3N3OS. The lowest BCUT2D eigenvalue weighted by atomic mass is 10.00. The lowest BCUT2D eigenvalue weighted by Crippen LogP contribution is -2.35. The predicted octanol–water partition coefficient (Wildman–Crippen LogP) is 6.28. The Bertz CT molecular complexity index is 1220. The normalized spacial score (nSPS) is 17.2. The Balaban J connectivity index is 1.26. The highest BCUT2D eigenvalue weighted by atomic mass is 32.2. The van der Waals surface area contributed by atoms with E-state index in [2.05, 4.69) is 22.1 Å². The van der Waals surface area contributed by atoms with E-state index in [0.717, 1.165) is 64.6 Å². The van der Waals surface area contributed by atoms with E-state index in [4.69, 9.17) is 0 Å². The van der Waals surface area contributed by atoms with Gasteiger partial charge in [-0.15, -0.1) is 11.8 Å². The molecule has 1 aromatic heterocycles. The molecule has 0 radical (unpaired) electrons. The van der Waals surface area contributed by atoms with Crippen molar-refractivity contribution in [2.45, 2.75) is 62.3 Å². The minimum absolute atomic E-state index is 0.143. The van der Waals surface area contributed by atoms with Crippen LogP contribution in [0.4, 0.5) is 18.9 Å². The van der Waals surface area contributed by atoms with Gasteiger partial charge in [0, 0.05) is 34.4 Å². The van der Waals surface area contributed by atoms with Gasteiger partial charge in [0.25, 0.3) is 5.91 Å². The highest BCUT2D eigenvalue weighted by molar-refractivity contribution is 7.99. The van der Waals surface area contributed by atoms with Gasteiger partial charge in [0.15, 0.2) is 0 Å². The van der Waals surface area contributed by atoms with E-state index in [0.29, 0.717) is 24.6 Å². The van der Waals surface area contributed by atoms with Gasteiger partial charge in [-0.3, -0.25) is 9.78 Å². The summed E-state index contributed by atoms with van der Waals surface area (Å²) in [5.41, 5.74) is 3.93. The first kappa shape index (κ1) is 24.7. The molecule has 1 amide bonds. The highest BCUT2D eigenvalue weighted by Crippen LogP contribution is 2.42. The van der Waals surface area contributed by atoms with E-state index in [-0.39, 0.29) is 11.9 Å². The topological polar surface area (TPSA) is 45.2 Å². The smallest absolute Gasteiger partial charge is 0.365 e. The number of hydrogen-bond acceptors (Lipinski definition) is 4.